The van der Waals surface area contributed by atoms with Crippen LogP contribution >= 0.6 is 31.9 Å². The van der Waals surface area contributed by atoms with Gasteiger partial charge in [0, 0.05) is 20.8 Å². The number of halogens is 6. The minimum Gasteiger partial charge on any atom is -0.232 e. The molecule has 0 aliphatic carbocycles. The van der Waals surface area contributed by atoms with E-state index in [0.29, 0.717) is 14.6 Å². The zero-order valence-corrected chi connectivity index (χ0v) is 17.9. The summed E-state index contributed by atoms with van der Waals surface area (Å²) >= 11 is 6.55. The minimum atomic E-state index is -4.71. The van der Waals surface area contributed by atoms with Gasteiger partial charge in [0.15, 0.2) is 15.5 Å². The number of alkyl halides is 3. The smallest absolute Gasteiger partial charge is 0.232 e. The van der Waals surface area contributed by atoms with Crippen LogP contribution in [0.25, 0.3) is 16.9 Å². The molecule has 3 aromatic rings. The maximum absolute atomic E-state index is 14.3. The Kier molecular flexibility index (Phi) is 5.45. The molecule has 0 bridgehead atoms. The number of hydrogen-bond acceptors (Lipinski definition) is 3. The summed E-state index contributed by atoms with van der Waals surface area (Å²) in [4.78, 5) is -0.537. The lowest BCUT2D eigenvalue weighted by molar-refractivity contribution is -0.141. The first-order chi connectivity index (χ1) is 12.9. The molecule has 0 aliphatic heterocycles. The zero-order valence-electron chi connectivity index (χ0n) is 13.9. The molecule has 0 N–H and O–H groups in total. The highest BCUT2D eigenvalue weighted by atomic mass is 79.9. The molecule has 4 nitrogen and oxygen atoms in total. The van der Waals surface area contributed by atoms with Gasteiger partial charge in [0.25, 0.3) is 0 Å². The molecule has 1 heterocycles. The Hall–Kier alpha value is -1.72. The predicted octanol–water partition coefficient (Wildman–Crippen LogP) is 5.63. The van der Waals surface area contributed by atoms with E-state index in [4.69, 9.17) is 0 Å². The summed E-state index contributed by atoms with van der Waals surface area (Å²) in [5.41, 5.74) is -0.852. The molecule has 1 aromatic heterocycles. The molecule has 0 spiro atoms. The molecular weight excluding hydrogens is 532 g/mol. The van der Waals surface area contributed by atoms with E-state index >= 15 is 0 Å². The average Bonchev–Trinajstić information content (AvgIpc) is 3.01. The first-order valence-electron chi connectivity index (χ1n) is 7.50. The first kappa shape index (κ1) is 21.0. The van der Waals surface area contributed by atoms with Crippen molar-refractivity contribution in [1.29, 1.82) is 0 Å². The number of benzene rings is 2. The molecular formula is C17H10Br2F4N2O2S. The summed E-state index contributed by atoms with van der Waals surface area (Å²) in [5.74, 6) is -1.06. The molecule has 3 rings (SSSR count). The summed E-state index contributed by atoms with van der Waals surface area (Å²) in [6, 6.07) is 8.60. The third-order valence-electron chi connectivity index (χ3n) is 3.77. The van der Waals surface area contributed by atoms with Gasteiger partial charge >= 0.3 is 6.18 Å². The molecule has 0 saturated carbocycles. The summed E-state index contributed by atoms with van der Waals surface area (Å²) < 4.78 is 79.4. The van der Waals surface area contributed by atoms with Gasteiger partial charge in [-0.2, -0.15) is 18.3 Å². The number of aromatic nitrogens is 2. The first-order valence-corrected chi connectivity index (χ1v) is 11.0. The topological polar surface area (TPSA) is 52.0 Å². The van der Waals surface area contributed by atoms with E-state index in [1.807, 2.05) is 0 Å². The molecule has 2 aromatic carbocycles. The van der Waals surface area contributed by atoms with Crippen molar-refractivity contribution < 1.29 is 26.0 Å². The lowest BCUT2D eigenvalue weighted by atomic mass is 10.1. The van der Waals surface area contributed by atoms with Crippen LogP contribution in [0.4, 0.5) is 17.6 Å². The molecule has 0 aliphatic rings. The second-order valence-corrected chi connectivity index (χ2v) is 9.53. The van der Waals surface area contributed by atoms with Crippen LogP contribution in [0.15, 0.2) is 56.3 Å². The van der Waals surface area contributed by atoms with Crippen molar-refractivity contribution in [3.05, 3.63) is 62.9 Å². The molecule has 0 atom stereocenters. The summed E-state index contributed by atoms with van der Waals surface area (Å²) in [7, 11) is -3.81. The van der Waals surface area contributed by atoms with Crippen molar-refractivity contribution in [3.8, 4) is 16.9 Å². The van der Waals surface area contributed by atoms with Gasteiger partial charge in [-0.3, -0.25) is 0 Å². The molecule has 0 saturated heterocycles. The van der Waals surface area contributed by atoms with Crippen LogP contribution in [0.2, 0.25) is 0 Å². The van der Waals surface area contributed by atoms with E-state index in [1.54, 1.807) is 12.1 Å². The molecule has 0 amide bonds. The Morgan fingerprint density at radius 1 is 1.00 bits per heavy atom. The monoisotopic (exact) mass is 540 g/mol. The summed E-state index contributed by atoms with van der Waals surface area (Å²) in [6.07, 6.45) is -3.87. The van der Waals surface area contributed by atoms with E-state index in [0.717, 1.165) is 29.1 Å². The fourth-order valence-electron chi connectivity index (χ4n) is 2.50. The van der Waals surface area contributed by atoms with E-state index in [1.165, 1.54) is 12.1 Å². The van der Waals surface area contributed by atoms with Crippen LogP contribution < -0.4 is 0 Å². The van der Waals surface area contributed by atoms with Gasteiger partial charge in [-0.15, -0.1) is 0 Å². The van der Waals surface area contributed by atoms with Crippen LogP contribution in [0.3, 0.4) is 0 Å². The average molecular weight is 542 g/mol. The lowest BCUT2D eigenvalue weighted by Gasteiger charge is -2.10. The quantitative estimate of drug-likeness (QED) is 0.404. The third kappa shape index (κ3) is 4.15. The maximum atomic E-state index is 14.3. The molecule has 28 heavy (non-hydrogen) atoms. The van der Waals surface area contributed by atoms with Crippen molar-refractivity contribution in [2.24, 2.45) is 0 Å². The Bertz CT molecular complexity index is 1170. The Morgan fingerprint density at radius 2 is 1.68 bits per heavy atom. The number of hydrogen-bond donors (Lipinski definition) is 0. The second kappa shape index (κ2) is 7.27. The van der Waals surface area contributed by atoms with Crippen molar-refractivity contribution in [2.45, 2.75) is 11.1 Å². The summed E-state index contributed by atoms with van der Waals surface area (Å²) in [6.45, 7) is 0. The Balaban J connectivity index is 2.24. The van der Waals surface area contributed by atoms with Gasteiger partial charge in [-0.05, 0) is 68.3 Å². The van der Waals surface area contributed by atoms with Crippen LogP contribution in [-0.2, 0) is 16.0 Å². The highest BCUT2D eigenvalue weighted by Gasteiger charge is 2.35. The minimum absolute atomic E-state index is 0.0412. The lowest BCUT2D eigenvalue weighted by Crippen LogP contribution is -2.07. The predicted molar refractivity (Wildman–Crippen MR) is 102 cm³/mol. The second-order valence-electron chi connectivity index (χ2n) is 5.84. The standard InChI is InChI=1S/C17H10Br2F4N2O2S/c1-28(26,27)15-5-2-9(6-13(15)20)14-8-16(17(21,22)23)24-25(14)10-3-4-11(18)12(19)7-10/h2-8H,1H3. The number of sulfone groups is 1. The van der Waals surface area contributed by atoms with Gasteiger partial charge in [0.1, 0.15) is 10.7 Å². The van der Waals surface area contributed by atoms with Gasteiger partial charge < -0.3 is 0 Å². The van der Waals surface area contributed by atoms with E-state index in [-0.39, 0.29) is 11.3 Å². The van der Waals surface area contributed by atoms with Gasteiger partial charge in [0.2, 0.25) is 0 Å². The molecule has 0 unspecified atom stereocenters. The third-order valence-corrected chi connectivity index (χ3v) is 6.78. The highest BCUT2D eigenvalue weighted by Crippen LogP contribution is 2.35. The van der Waals surface area contributed by atoms with Crippen molar-refractivity contribution in [1.82, 2.24) is 9.78 Å². The highest BCUT2D eigenvalue weighted by molar-refractivity contribution is 9.13. The zero-order chi connectivity index (χ0) is 20.9. The van der Waals surface area contributed by atoms with Crippen molar-refractivity contribution >= 4 is 41.7 Å². The molecule has 0 fully saturated rings. The van der Waals surface area contributed by atoms with Crippen LogP contribution in [0.1, 0.15) is 5.69 Å². The van der Waals surface area contributed by atoms with Crippen LogP contribution in [0, 0.1) is 5.82 Å². The van der Waals surface area contributed by atoms with Crippen LogP contribution in [0.5, 0.6) is 0 Å². The molecule has 148 valence electrons. The summed E-state index contributed by atoms with van der Waals surface area (Å²) in [5, 5.41) is 3.61. The Morgan fingerprint density at radius 3 is 2.21 bits per heavy atom. The molecule has 11 heteroatoms. The fraction of sp³-hybridized carbons (Fsp3) is 0.118. The maximum Gasteiger partial charge on any atom is 0.435 e. The van der Waals surface area contributed by atoms with Crippen molar-refractivity contribution in [2.75, 3.05) is 6.26 Å². The van der Waals surface area contributed by atoms with Gasteiger partial charge in [0.05, 0.1) is 11.4 Å². The largest absolute Gasteiger partial charge is 0.435 e. The van der Waals surface area contributed by atoms with E-state index < -0.39 is 32.4 Å². The van der Waals surface area contributed by atoms with E-state index in [9.17, 15) is 26.0 Å². The fourth-order valence-corrected chi connectivity index (χ4v) is 3.84. The number of rotatable bonds is 3. The normalized spacial score (nSPS) is 12.4. The SMILES string of the molecule is CS(=O)(=O)c1ccc(-c2cc(C(F)(F)F)nn2-c2ccc(Br)c(Br)c2)cc1F. The number of nitrogens with zero attached hydrogens (tertiary/aromatic N) is 2. The Labute approximate surface area is 174 Å². The van der Waals surface area contributed by atoms with Crippen LogP contribution in [-0.4, -0.2) is 24.5 Å². The molecule has 0 radical (unpaired) electrons. The van der Waals surface area contributed by atoms with E-state index in [2.05, 4.69) is 37.0 Å². The van der Waals surface area contributed by atoms with Gasteiger partial charge in [-0.1, -0.05) is 6.07 Å². The van der Waals surface area contributed by atoms with Gasteiger partial charge in [-0.25, -0.2) is 17.5 Å². The van der Waals surface area contributed by atoms with Crippen molar-refractivity contribution in [3.63, 3.8) is 0 Å².